The molecule has 0 atom stereocenters. The standard InChI is InChI=1S/C11H21NS/c1-3-4-9-12-10-7-5-6-8-11-13-2/h1,12H,4-11H2,2H3. The van der Waals surface area contributed by atoms with Gasteiger partial charge in [-0.15, -0.1) is 12.3 Å². The molecule has 0 fully saturated rings. The Morgan fingerprint density at radius 1 is 1.15 bits per heavy atom. The van der Waals surface area contributed by atoms with Crippen molar-refractivity contribution in [3.8, 4) is 12.3 Å². The van der Waals surface area contributed by atoms with Crippen LogP contribution >= 0.6 is 11.8 Å². The van der Waals surface area contributed by atoms with E-state index in [0.717, 1.165) is 19.5 Å². The van der Waals surface area contributed by atoms with Crippen molar-refractivity contribution in [3.63, 3.8) is 0 Å². The highest BCUT2D eigenvalue weighted by Gasteiger charge is 1.89. The zero-order chi connectivity index (χ0) is 9.78. The van der Waals surface area contributed by atoms with E-state index in [1.54, 1.807) is 0 Å². The minimum atomic E-state index is 0.854. The Balaban J connectivity index is 2.80. The number of hydrogen-bond acceptors (Lipinski definition) is 2. The fourth-order valence-electron chi connectivity index (χ4n) is 1.14. The van der Waals surface area contributed by atoms with Gasteiger partial charge in [0.25, 0.3) is 0 Å². The summed E-state index contributed by atoms with van der Waals surface area (Å²) in [5.41, 5.74) is 0. The third-order valence-electron chi connectivity index (χ3n) is 1.90. The molecule has 0 radical (unpaired) electrons. The zero-order valence-corrected chi connectivity index (χ0v) is 9.46. The van der Waals surface area contributed by atoms with Crippen molar-refractivity contribution < 1.29 is 0 Å². The normalized spacial score (nSPS) is 9.85. The molecule has 0 saturated carbocycles. The Labute approximate surface area is 87.1 Å². The molecule has 0 amide bonds. The van der Waals surface area contributed by atoms with E-state index in [-0.39, 0.29) is 0 Å². The van der Waals surface area contributed by atoms with Gasteiger partial charge in [-0.3, -0.25) is 0 Å². The number of thioether (sulfide) groups is 1. The molecule has 13 heavy (non-hydrogen) atoms. The minimum Gasteiger partial charge on any atom is -0.316 e. The average Bonchev–Trinajstić information content (AvgIpc) is 2.16. The molecule has 0 saturated heterocycles. The lowest BCUT2D eigenvalue weighted by Crippen LogP contribution is -2.16. The van der Waals surface area contributed by atoms with Crippen LogP contribution in [0.5, 0.6) is 0 Å². The minimum absolute atomic E-state index is 0.854. The lowest BCUT2D eigenvalue weighted by Gasteiger charge is -2.02. The number of nitrogens with one attached hydrogen (secondary N) is 1. The summed E-state index contributed by atoms with van der Waals surface area (Å²) in [7, 11) is 0. The van der Waals surface area contributed by atoms with Crippen LogP contribution in [0.3, 0.4) is 0 Å². The highest BCUT2D eigenvalue weighted by Crippen LogP contribution is 2.03. The first-order valence-electron chi connectivity index (χ1n) is 5.05. The Kier molecular flexibility index (Phi) is 11.8. The Morgan fingerprint density at radius 2 is 1.92 bits per heavy atom. The van der Waals surface area contributed by atoms with Gasteiger partial charge in [0.05, 0.1) is 0 Å². The fraction of sp³-hybridized carbons (Fsp3) is 0.818. The van der Waals surface area contributed by atoms with E-state index in [1.165, 1.54) is 31.4 Å². The van der Waals surface area contributed by atoms with Crippen LogP contribution < -0.4 is 5.32 Å². The van der Waals surface area contributed by atoms with E-state index in [2.05, 4.69) is 17.5 Å². The van der Waals surface area contributed by atoms with Crippen LogP contribution in [-0.2, 0) is 0 Å². The Hall–Kier alpha value is -0.130. The smallest absolute Gasteiger partial charge is 0.0211 e. The van der Waals surface area contributed by atoms with Crippen molar-refractivity contribution in [2.24, 2.45) is 0 Å². The summed E-state index contributed by atoms with van der Waals surface area (Å²) in [5, 5.41) is 3.33. The fourth-order valence-corrected chi connectivity index (χ4v) is 1.63. The first-order valence-corrected chi connectivity index (χ1v) is 6.44. The van der Waals surface area contributed by atoms with Crippen molar-refractivity contribution in [2.75, 3.05) is 25.1 Å². The lowest BCUT2D eigenvalue weighted by atomic mass is 10.2. The number of terminal acetylenes is 1. The molecule has 0 aliphatic rings. The molecular weight excluding hydrogens is 178 g/mol. The van der Waals surface area contributed by atoms with Gasteiger partial charge in [0.1, 0.15) is 0 Å². The van der Waals surface area contributed by atoms with Gasteiger partial charge in [-0.05, 0) is 31.4 Å². The maximum atomic E-state index is 5.13. The highest BCUT2D eigenvalue weighted by atomic mass is 32.2. The molecule has 0 bridgehead atoms. The SMILES string of the molecule is C#CCCNCCCCCCSC. The first-order chi connectivity index (χ1) is 6.41. The molecule has 0 spiro atoms. The second-order valence-corrected chi connectivity index (χ2v) is 4.10. The molecule has 0 rings (SSSR count). The molecule has 2 heteroatoms. The summed E-state index contributed by atoms with van der Waals surface area (Å²) in [6, 6.07) is 0. The van der Waals surface area contributed by atoms with Crippen LogP contribution in [0.15, 0.2) is 0 Å². The predicted molar refractivity (Wildman–Crippen MR) is 63.2 cm³/mol. The van der Waals surface area contributed by atoms with Gasteiger partial charge in [-0.1, -0.05) is 12.8 Å². The molecule has 0 heterocycles. The summed E-state index contributed by atoms with van der Waals surface area (Å²) < 4.78 is 0. The maximum absolute atomic E-state index is 5.13. The molecule has 0 aromatic heterocycles. The van der Waals surface area contributed by atoms with Gasteiger partial charge < -0.3 is 5.32 Å². The third kappa shape index (κ3) is 11.9. The monoisotopic (exact) mass is 199 g/mol. The number of unbranched alkanes of at least 4 members (excludes halogenated alkanes) is 3. The van der Waals surface area contributed by atoms with Crippen molar-refractivity contribution >= 4 is 11.8 Å². The van der Waals surface area contributed by atoms with E-state index < -0.39 is 0 Å². The molecule has 76 valence electrons. The molecule has 1 nitrogen and oxygen atoms in total. The molecule has 0 aliphatic carbocycles. The zero-order valence-electron chi connectivity index (χ0n) is 8.64. The quantitative estimate of drug-likeness (QED) is 0.452. The van der Waals surface area contributed by atoms with Crippen LogP contribution in [0.4, 0.5) is 0 Å². The Bertz CT molecular complexity index is 129. The van der Waals surface area contributed by atoms with Crippen LogP contribution in [-0.4, -0.2) is 25.1 Å². The van der Waals surface area contributed by atoms with Crippen molar-refractivity contribution in [1.82, 2.24) is 5.32 Å². The van der Waals surface area contributed by atoms with E-state index in [4.69, 9.17) is 6.42 Å². The number of rotatable bonds is 9. The van der Waals surface area contributed by atoms with Crippen molar-refractivity contribution in [3.05, 3.63) is 0 Å². The molecule has 0 aliphatic heterocycles. The summed E-state index contributed by atoms with van der Waals surface area (Å²) in [5.74, 6) is 3.93. The van der Waals surface area contributed by atoms with E-state index in [1.807, 2.05) is 11.8 Å². The molecule has 0 unspecified atom stereocenters. The van der Waals surface area contributed by atoms with Gasteiger partial charge in [-0.2, -0.15) is 11.8 Å². The summed E-state index contributed by atoms with van der Waals surface area (Å²) >= 11 is 1.94. The van der Waals surface area contributed by atoms with E-state index in [9.17, 15) is 0 Å². The molecular formula is C11H21NS. The van der Waals surface area contributed by atoms with Gasteiger partial charge >= 0.3 is 0 Å². The van der Waals surface area contributed by atoms with Gasteiger partial charge in [0.2, 0.25) is 0 Å². The third-order valence-corrected chi connectivity index (χ3v) is 2.60. The van der Waals surface area contributed by atoms with E-state index in [0.29, 0.717) is 0 Å². The first kappa shape index (κ1) is 12.9. The Morgan fingerprint density at radius 3 is 2.62 bits per heavy atom. The highest BCUT2D eigenvalue weighted by molar-refractivity contribution is 7.98. The van der Waals surface area contributed by atoms with Crippen LogP contribution in [0.25, 0.3) is 0 Å². The van der Waals surface area contributed by atoms with Gasteiger partial charge in [0, 0.05) is 13.0 Å². The maximum Gasteiger partial charge on any atom is 0.0211 e. The second-order valence-electron chi connectivity index (χ2n) is 3.11. The topological polar surface area (TPSA) is 12.0 Å². The van der Waals surface area contributed by atoms with Gasteiger partial charge in [0.15, 0.2) is 0 Å². The van der Waals surface area contributed by atoms with Crippen molar-refractivity contribution in [2.45, 2.75) is 32.1 Å². The molecule has 0 aromatic rings. The molecule has 0 aromatic carbocycles. The average molecular weight is 199 g/mol. The van der Waals surface area contributed by atoms with Crippen LogP contribution in [0.1, 0.15) is 32.1 Å². The summed E-state index contributed by atoms with van der Waals surface area (Å²) in [4.78, 5) is 0. The van der Waals surface area contributed by atoms with Gasteiger partial charge in [-0.25, -0.2) is 0 Å². The summed E-state index contributed by atoms with van der Waals surface area (Å²) in [6.45, 7) is 2.10. The summed E-state index contributed by atoms with van der Waals surface area (Å²) in [6.07, 6.45) is 13.5. The van der Waals surface area contributed by atoms with E-state index >= 15 is 0 Å². The predicted octanol–water partition coefficient (Wildman–Crippen LogP) is 2.52. The van der Waals surface area contributed by atoms with Crippen molar-refractivity contribution in [1.29, 1.82) is 0 Å². The molecule has 1 N–H and O–H groups in total. The van der Waals surface area contributed by atoms with Crippen LogP contribution in [0, 0.1) is 12.3 Å². The largest absolute Gasteiger partial charge is 0.316 e. The van der Waals surface area contributed by atoms with Crippen LogP contribution in [0.2, 0.25) is 0 Å². The number of hydrogen-bond donors (Lipinski definition) is 1. The second kappa shape index (κ2) is 11.9. The lowest BCUT2D eigenvalue weighted by molar-refractivity contribution is 0.605.